The molecule has 116 valence electrons. The highest BCUT2D eigenvalue weighted by atomic mass is 19.1. The predicted octanol–water partition coefficient (Wildman–Crippen LogP) is 3.90. The number of benzene rings is 1. The maximum absolute atomic E-state index is 13.4. The van der Waals surface area contributed by atoms with Crippen LogP contribution in [0.15, 0.2) is 18.2 Å². The van der Waals surface area contributed by atoms with E-state index in [0.717, 1.165) is 37.1 Å². The van der Waals surface area contributed by atoms with Gasteiger partial charge in [-0.25, -0.2) is 4.39 Å². The van der Waals surface area contributed by atoms with Crippen molar-refractivity contribution in [3.8, 4) is 0 Å². The lowest BCUT2D eigenvalue weighted by atomic mass is 9.90. The molecule has 0 radical (unpaired) electrons. The van der Waals surface area contributed by atoms with E-state index >= 15 is 0 Å². The maximum atomic E-state index is 13.4. The first kappa shape index (κ1) is 16.2. The van der Waals surface area contributed by atoms with E-state index in [-0.39, 0.29) is 11.6 Å². The minimum absolute atomic E-state index is 0.179. The van der Waals surface area contributed by atoms with E-state index in [1.807, 2.05) is 20.8 Å². The Morgan fingerprint density at radius 2 is 1.81 bits per heavy atom. The van der Waals surface area contributed by atoms with Crippen molar-refractivity contribution < 1.29 is 9.18 Å². The number of carbonyl (C=O) groups is 1. The van der Waals surface area contributed by atoms with Crippen molar-refractivity contribution in [1.29, 1.82) is 0 Å². The SMILES string of the molecule is Cc1ccc(F)cc1CC(=O)C(C)(C)N1CCCCCC1. The highest BCUT2D eigenvalue weighted by Gasteiger charge is 2.34. The molecule has 1 fully saturated rings. The van der Waals surface area contributed by atoms with E-state index in [4.69, 9.17) is 0 Å². The summed E-state index contributed by atoms with van der Waals surface area (Å²) in [4.78, 5) is 15.0. The third-order valence-electron chi connectivity index (χ3n) is 4.74. The van der Waals surface area contributed by atoms with Crippen LogP contribution in [-0.2, 0) is 11.2 Å². The van der Waals surface area contributed by atoms with Gasteiger partial charge in [-0.05, 0) is 70.0 Å². The highest BCUT2D eigenvalue weighted by Crippen LogP contribution is 2.23. The van der Waals surface area contributed by atoms with Crippen molar-refractivity contribution >= 4 is 5.78 Å². The van der Waals surface area contributed by atoms with Crippen molar-refractivity contribution in [2.75, 3.05) is 13.1 Å². The van der Waals surface area contributed by atoms with Crippen molar-refractivity contribution in [2.45, 2.75) is 58.4 Å². The fourth-order valence-corrected chi connectivity index (χ4v) is 3.03. The van der Waals surface area contributed by atoms with Crippen LogP contribution in [0.2, 0.25) is 0 Å². The molecule has 1 aliphatic heterocycles. The van der Waals surface area contributed by atoms with Gasteiger partial charge in [0.2, 0.25) is 0 Å². The number of Topliss-reactive ketones (excluding diaryl/α,β-unsaturated/α-hetero) is 1. The third kappa shape index (κ3) is 3.91. The number of likely N-dealkylation sites (tertiary alicyclic amines) is 1. The predicted molar refractivity (Wildman–Crippen MR) is 84.0 cm³/mol. The zero-order valence-corrected chi connectivity index (χ0v) is 13.4. The molecule has 1 aliphatic rings. The van der Waals surface area contributed by atoms with Gasteiger partial charge in [0.1, 0.15) is 5.82 Å². The van der Waals surface area contributed by atoms with Crippen molar-refractivity contribution in [2.24, 2.45) is 0 Å². The molecule has 1 heterocycles. The Bertz CT molecular complexity index is 502. The van der Waals surface area contributed by atoms with Gasteiger partial charge in [0.25, 0.3) is 0 Å². The molecule has 0 aromatic heterocycles. The minimum Gasteiger partial charge on any atom is -0.297 e. The lowest BCUT2D eigenvalue weighted by Crippen LogP contribution is -2.51. The Hall–Kier alpha value is -1.22. The van der Waals surface area contributed by atoms with Gasteiger partial charge in [0.15, 0.2) is 5.78 Å². The maximum Gasteiger partial charge on any atom is 0.156 e. The zero-order valence-electron chi connectivity index (χ0n) is 13.4. The van der Waals surface area contributed by atoms with E-state index in [2.05, 4.69) is 4.90 Å². The van der Waals surface area contributed by atoms with E-state index in [1.165, 1.54) is 25.0 Å². The van der Waals surface area contributed by atoms with Gasteiger partial charge < -0.3 is 0 Å². The summed E-state index contributed by atoms with van der Waals surface area (Å²) in [5.74, 6) is -0.0888. The van der Waals surface area contributed by atoms with Crippen molar-refractivity contribution in [1.82, 2.24) is 4.90 Å². The molecule has 2 nitrogen and oxygen atoms in total. The van der Waals surface area contributed by atoms with Crippen LogP contribution in [0.4, 0.5) is 4.39 Å². The van der Waals surface area contributed by atoms with Gasteiger partial charge >= 0.3 is 0 Å². The van der Waals surface area contributed by atoms with Gasteiger partial charge in [-0.2, -0.15) is 0 Å². The average Bonchev–Trinajstić information content (AvgIpc) is 2.72. The summed E-state index contributed by atoms with van der Waals surface area (Å²) >= 11 is 0. The molecule has 0 unspecified atom stereocenters. The summed E-state index contributed by atoms with van der Waals surface area (Å²) in [6.45, 7) is 7.92. The van der Waals surface area contributed by atoms with Crippen LogP contribution < -0.4 is 0 Å². The largest absolute Gasteiger partial charge is 0.297 e. The summed E-state index contributed by atoms with van der Waals surface area (Å²) in [5.41, 5.74) is 1.32. The molecule has 1 aromatic carbocycles. The van der Waals surface area contributed by atoms with Gasteiger partial charge in [-0.15, -0.1) is 0 Å². The zero-order chi connectivity index (χ0) is 15.5. The van der Waals surface area contributed by atoms with Gasteiger partial charge in [-0.3, -0.25) is 9.69 Å². The third-order valence-corrected chi connectivity index (χ3v) is 4.74. The van der Waals surface area contributed by atoms with Gasteiger partial charge in [0, 0.05) is 6.42 Å². The Morgan fingerprint density at radius 1 is 1.19 bits per heavy atom. The number of rotatable bonds is 4. The Kier molecular flexibility index (Phi) is 5.15. The molecule has 1 saturated heterocycles. The normalized spacial score (nSPS) is 17.5. The van der Waals surface area contributed by atoms with E-state index in [1.54, 1.807) is 6.07 Å². The van der Waals surface area contributed by atoms with Crippen molar-refractivity contribution in [3.05, 3.63) is 35.1 Å². The monoisotopic (exact) mass is 291 g/mol. The first-order chi connectivity index (χ1) is 9.91. The van der Waals surface area contributed by atoms with E-state index < -0.39 is 5.54 Å². The molecule has 0 aliphatic carbocycles. The average molecular weight is 291 g/mol. The number of ketones is 1. The molecule has 3 heteroatoms. The minimum atomic E-state index is -0.469. The molecular weight excluding hydrogens is 265 g/mol. The molecule has 0 bridgehead atoms. The highest BCUT2D eigenvalue weighted by molar-refractivity contribution is 5.89. The summed E-state index contributed by atoms with van der Waals surface area (Å²) < 4.78 is 13.4. The topological polar surface area (TPSA) is 20.3 Å². The number of hydrogen-bond donors (Lipinski definition) is 0. The fraction of sp³-hybridized carbons (Fsp3) is 0.611. The number of carbonyl (C=O) groups excluding carboxylic acids is 1. The second-order valence-corrected chi connectivity index (χ2v) is 6.63. The molecular formula is C18H26FNO. The number of aryl methyl sites for hydroxylation is 1. The molecule has 0 amide bonds. The number of halogens is 1. The van der Waals surface area contributed by atoms with Crippen LogP contribution in [0, 0.1) is 12.7 Å². The molecule has 0 spiro atoms. The van der Waals surface area contributed by atoms with Crippen LogP contribution in [-0.4, -0.2) is 29.3 Å². The first-order valence-corrected chi connectivity index (χ1v) is 7.94. The quantitative estimate of drug-likeness (QED) is 0.838. The summed E-state index contributed by atoms with van der Waals surface area (Å²) in [6.07, 6.45) is 5.14. The van der Waals surface area contributed by atoms with Crippen LogP contribution in [0.1, 0.15) is 50.7 Å². The molecule has 21 heavy (non-hydrogen) atoms. The molecule has 1 aromatic rings. The van der Waals surface area contributed by atoms with Crippen LogP contribution in [0.3, 0.4) is 0 Å². The number of hydrogen-bond acceptors (Lipinski definition) is 2. The Labute approximate surface area is 127 Å². The number of nitrogens with zero attached hydrogens (tertiary/aromatic N) is 1. The van der Waals surface area contributed by atoms with Crippen molar-refractivity contribution in [3.63, 3.8) is 0 Å². The van der Waals surface area contributed by atoms with E-state index in [0.29, 0.717) is 6.42 Å². The lowest BCUT2D eigenvalue weighted by molar-refractivity contribution is -0.128. The summed E-state index contributed by atoms with van der Waals surface area (Å²) in [6, 6.07) is 4.69. The Morgan fingerprint density at radius 3 is 2.43 bits per heavy atom. The molecule has 0 atom stereocenters. The molecule has 0 N–H and O–H groups in total. The van der Waals surface area contributed by atoms with Crippen LogP contribution in [0.5, 0.6) is 0 Å². The standard InChI is InChI=1S/C18H26FNO/c1-14-8-9-16(19)12-15(14)13-17(21)18(2,3)20-10-6-4-5-7-11-20/h8-9,12H,4-7,10-11,13H2,1-3H3. The van der Waals surface area contributed by atoms with Gasteiger partial charge in [-0.1, -0.05) is 18.9 Å². The van der Waals surface area contributed by atoms with Crippen LogP contribution in [0.25, 0.3) is 0 Å². The second-order valence-electron chi connectivity index (χ2n) is 6.63. The second kappa shape index (κ2) is 6.69. The summed E-state index contributed by atoms with van der Waals surface area (Å²) in [7, 11) is 0. The lowest BCUT2D eigenvalue weighted by Gasteiger charge is -2.36. The van der Waals surface area contributed by atoms with Crippen LogP contribution >= 0.6 is 0 Å². The van der Waals surface area contributed by atoms with Gasteiger partial charge in [0.05, 0.1) is 5.54 Å². The smallest absolute Gasteiger partial charge is 0.156 e. The molecule has 0 saturated carbocycles. The molecule has 2 rings (SSSR count). The summed E-state index contributed by atoms with van der Waals surface area (Å²) in [5, 5.41) is 0. The fourth-order valence-electron chi connectivity index (χ4n) is 3.03. The first-order valence-electron chi connectivity index (χ1n) is 7.94. The van der Waals surface area contributed by atoms with E-state index in [9.17, 15) is 9.18 Å². The Balaban J connectivity index is 2.11.